The van der Waals surface area contributed by atoms with Gasteiger partial charge in [-0.2, -0.15) is 0 Å². The molecule has 15 aliphatic rings. The normalized spacial score (nSPS) is 57.0. The smallest absolute Gasteiger partial charge is 0.0915 e. The van der Waals surface area contributed by atoms with Gasteiger partial charge < -0.3 is 25.5 Å². The van der Waals surface area contributed by atoms with E-state index in [1.165, 1.54) is 171 Å². The summed E-state index contributed by atoms with van der Waals surface area (Å²) in [5, 5.41) is 54.1. The van der Waals surface area contributed by atoms with E-state index in [1.807, 2.05) is 0 Å². The summed E-state index contributed by atoms with van der Waals surface area (Å²) in [5.41, 5.74) is 8.23. The van der Waals surface area contributed by atoms with Gasteiger partial charge in [-0.1, -0.05) is 160 Å². The summed E-state index contributed by atoms with van der Waals surface area (Å²) in [6.07, 6.45) is 38.8. The van der Waals surface area contributed by atoms with Gasteiger partial charge in [0, 0.05) is 10.8 Å². The molecule has 15 rings (SSSR count). The van der Waals surface area contributed by atoms with Crippen LogP contribution >= 0.6 is 0 Å². The molecule has 0 aromatic carbocycles. The maximum atomic E-state index is 11.0. The quantitative estimate of drug-likeness (QED) is 0.135. The molecule has 0 aromatic rings. The molecular formula is C92H152O5. The van der Waals surface area contributed by atoms with E-state index in [0.29, 0.717) is 101 Å². The van der Waals surface area contributed by atoms with Crippen molar-refractivity contribution in [2.75, 3.05) is 6.61 Å². The standard InChI is InChI=1S/C31H50O2.C31H52O2.C30H50O/c1-19(2)21-11-16-31(20(3)32)18-17-29(7)22(26(21)31)9-10-24-28(6)14-13-25(33)27(4,5)23(28)12-15-30(24,29)8;1-8-31-16-11-21(20(2)3)26(31)22-9-10-24-27(4)14-13-25(33)28(5,19-32)23(27)12-15-30(24,7)29(22,6)17-18-31;1-19(2)20-11-14-27(5)17-18-29(7)21(25(20)27)9-10-23-28(6)15-13-24(31)26(3,4)22(28)12-16-30(23,29)8/h21-26,32-33H,1,3,9-18H2,2,4-8H3;21-26,32-33H,2,8-19H2,1,3-7H3;20-25,31H,1,9-18H2,2-8H3/t21-,22?,23-,24+,25-,26+,28-,29+,30+,31+;21-,22?,23+,24?,25-,26?,27-,28-,29+,30+,31+;20-,21?,22-,23+,24-,25+,27+,28-,29+,30+/m000/s1. The van der Waals surface area contributed by atoms with Gasteiger partial charge in [0.1, 0.15) is 0 Å². The van der Waals surface area contributed by atoms with Gasteiger partial charge in [-0.05, 0) is 373 Å². The maximum absolute atomic E-state index is 11.0. The van der Waals surface area contributed by atoms with Crippen LogP contribution in [0.15, 0.2) is 48.8 Å². The van der Waals surface area contributed by atoms with Gasteiger partial charge in [0.05, 0.1) is 30.7 Å². The first-order valence-electron chi connectivity index (χ1n) is 42.0. The van der Waals surface area contributed by atoms with Gasteiger partial charge in [0.2, 0.25) is 0 Å². The third-order valence-electron chi connectivity index (χ3n) is 41.1. The van der Waals surface area contributed by atoms with Crippen molar-refractivity contribution >= 4 is 0 Å². The van der Waals surface area contributed by atoms with E-state index < -0.39 is 0 Å². The Morgan fingerprint density at radius 3 is 1.15 bits per heavy atom. The van der Waals surface area contributed by atoms with E-state index in [0.717, 1.165) is 92.3 Å². The first kappa shape index (κ1) is 73.9. The van der Waals surface area contributed by atoms with E-state index in [-0.39, 0.29) is 52.0 Å². The first-order valence-corrected chi connectivity index (χ1v) is 42.0. The van der Waals surface area contributed by atoms with E-state index in [2.05, 4.69) is 158 Å². The first-order chi connectivity index (χ1) is 45.0. The molecule has 5 unspecified atom stereocenters. The molecule has 31 atom stereocenters. The molecule has 0 radical (unpaired) electrons. The molecule has 550 valence electrons. The SMILES string of the molecule is C=C(C)[C@@H]1CC[C@]2(C(=C)O)CC[C@]3(C)C(CC[C@@H]4[C@@]5(C)CC[C@H](O)C(C)(C)[C@@H]5CC[C@]43C)[C@@H]12.C=C(C)[C@@H]1CC[C@]2(C)CC[C@]3(C)C(CC[C@@H]4[C@@]5(C)CC[C@H](O)C(C)(C)[C@@H]5CC[C@]43C)[C@@H]12.C=C(C)[C@@H]1CC[C@]2(CC)CC[C@]3(C)C(CCC4[C@@]5(C)CC[C@H](O)[C@@](C)(CO)[C@@H]5CC[C@]43C)C12. The molecule has 15 aliphatic carbocycles. The van der Waals surface area contributed by atoms with Crippen LogP contribution in [-0.4, -0.2) is 50.5 Å². The van der Waals surface area contributed by atoms with Crippen molar-refractivity contribution in [2.24, 2.45) is 170 Å². The lowest BCUT2D eigenvalue weighted by Crippen LogP contribution is -2.67. The number of allylic oxidation sites excluding steroid dienone is 4. The Morgan fingerprint density at radius 1 is 0.340 bits per heavy atom. The van der Waals surface area contributed by atoms with Crippen LogP contribution in [0, 0.1) is 170 Å². The zero-order valence-corrected chi connectivity index (χ0v) is 66.6. The Bertz CT molecular complexity index is 3060. The molecular weight excluding hydrogens is 1190 g/mol. The molecule has 15 fully saturated rings. The number of aliphatic hydroxyl groups is 5. The van der Waals surface area contributed by atoms with Gasteiger partial charge in [-0.25, -0.2) is 0 Å². The van der Waals surface area contributed by atoms with Gasteiger partial charge in [-0.3, -0.25) is 0 Å². The van der Waals surface area contributed by atoms with Crippen LogP contribution in [0.2, 0.25) is 0 Å². The van der Waals surface area contributed by atoms with E-state index in [9.17, 15) is 25.5 Å². The summed E-state index contributed by atoms with van der Waals surface area (Å²) in [7, 11) is 0. The number of hydrogen-bond donors (Lipinski definition) is 5. The van der Waals surface area contributed by atoms with Crippen molar-refractivity contribution in [3.63, 3.8) is 0 Å². The minimum atomic E-state index is -0.355. The van der Waals surface area contributed by atoms with Gasteiger partial charge in [0.15, 0.2) is 0 Å². The van der Waals surface area contributed by atoms with Crippen molar-refractivity contribution in [1.29, 1.82) is 0 Å². The fraction of sp³-hybridized carbons (Fsp3) is 0.913. The van der Waals surface area contributed by atoms with Crippen molar-refractivity contribution in [3.05, 3.63) is 48.8 Å². The minimum absolute atomic E-state index is 0.0128. The van der Waals surface area contributed by atoms with Crippen LogP contribution in [0.3, 0.4) is 0 Å². The highest BCUT2D eigenvalue weighted by atomic mass is 16.3. The van der Waals surface area contributed by atoms with E-state index in [1.54, 1.807) is 0 Å². The lowest BCUT2D eigenvalue weighted by Gasteiger charge is -2.73. The van der Waals surface area contributed by atoms with Crippen LogP contribution in [0.1, 0.15) is 331 Å². The largest absolute Gasteiger partial charge is 0.512 e. The predicted molar refractivity (Wildman–Crippen MR) is 404 cm³/mol. The molecule has 97 heavy (non-hydrogen) atoms. The van der Waals surface area contributed by atoms with Crippen LogP contribution in [0.5, 0.6) is 0 Å². The molecule has 0 aromatic heterocycles. The number of aliphatic hydroxyl groups excluding tert-OH is 5. The monoisotopic (exact) mass is 1340 g/mol. The Labute approximate surface area is 596 Å². The molecule has 5 nitrogen and oxygen atoms in total. The zero-order chi connectivity index (χ0) is 70.8. The minimum Gasteiger partial charge on any atom is -0.512 e. The second kappa shape index (κ2) is 23.8. The van der Waals surface area contributed by atoms with Crippen LogP contribution in [-0.2, 0) is 0 Å². The fourth-order valence-corrected chi connectivity index (χ4v) is 35.0. The molecule has 0 spiro atoms. The highest BCUT2D eigenvalue weighted by Gasteiger charge is 2.75. The van der Waals surface area contributed by atoms with Crippen LogP contribution < -0.4 is 0 Å². The topological polar surface area (TPSA) is 101 Å². The molecule has 0 heterocycles. The molecule has 0 saturated heterocycles. The lowest BCUT2D eigenvalue weighted by molar-refractivity contribution is -0.254. The summed E-state index contributed by atoms with van der Waals surface area (Å²) < 4.78 is 0. The summed E-state index contributed by atoms with van der Waals surface area (Å²) >= 11 is 0. The number of hydrogen-bond acceptors (Lipinski definition) is 5. The third-order valence-corrected chi connectivity index (χ3v) is 41.1. The van der Waals surface area contributed by atoms with E-state index >= 15 is 0 Å². The van der Waals surface area contributed by atoms with Crippen LogP contribution in [0.4, 0.5) is 0 Å². The zero-order valence-electron chi connectivity index (χ0n) is 66.6. The summed E-state index contributed by atoms with van der Waals surface area (Å²) in [6, 6.07) is 0. The fourth-order valence-electron chi connectivity index (χ4n) is 35.0. The highest BCUT2D eigenvalue weighted by molar-refractivity contribution is 5.28. The van der Waals surface area contributed by atoms with E-state index in [4.69, 9.17) is 0 Å². The van der Waals surface area contributed by atoms with Crippen molar-refractivity contribution in [3.8, 4) is 0 Å². The maximum Gasteiger partial charge on any atom is 0.0915 e. The molecule has 0 bridgehead atoms. The molecule has 0 aliphatic heterocycles. The second-order valence-corrected chi connectivity index (χ2v) is 44.0. The number of fused-ring (bicyclic) bond motifs is 21. The summed E-state index contributed by atoms with van der Waals surface area (Å²) in [5.74, 6) is 11.0. The Hall–Kier alpha value is -1.40. The summed E-state index contributed by atoms with van der Waals surface area (Å²) in [4.78, 5) is 0. The van der Waals surface area contributed by atoms with Crippen molar-refractivity contribution in [2.45, 2.75) is 349 Å². The lowest BCUT2D eigenvalue weighted by atomic mass is 9.32. The average Bonchev–Trinajstić information content (AvgIpc) is 1.57. The van der Waals surface area contributed by atoms with Gasteiger partial charge in [0.25, 0.3) is 0 Å². The molecule has 5 heteroatoms. The Balaban J connectivity index is 0.000000131. The van der Waals surface area contributed by atoms with Gasteiger partial charge >= 0.3 is 0 Å². The van der Waals surface area contributed by atoms with Crippen molar-refractivity contribution in [1.82, 2.24) is 0 Å². The molecule has 0 amide bonds. The number of rotatable bonds is 6. The van der Waals surface area contributed by atoms with Crippen molar-refractivity contribution < 1.29 is 25.5 Å². The average molecular weight is 1340 g/mol. The van der Waals surface area contributed by atoms with Crippen LogP contribution in [0.25, 0.3) is 0 Å². The predicted octanol–water partition coefficient (Wildman–Crippen LogP) is 23.5. The molecule has 15 saturated carbocycles. The third kappa shape index (κ3) is 9.67. The van der Waals surface area contributed by atoms with Gasteiger partial charge in [-0.15, -0.1) is 0 Å². The summed E-state index contributed by atoms with van der Waals surface area (Å²) in [6.45, 7) is 65.3. The Morgan fingerprint density at radius 2 is 0.711 bits per heavy atom. The molecule has 5 N–H and O–H groups in total. The Kier molecular flexibility index (Phi) is 18.1. The highest BCUT2D eigenvalue weighted by Crippen LogP contribution is 2.82. The second-order valence-electron chi connectivity index (χ2n) is 44.0.